The van der Waals surface area contributed by atoms with Gasteiger partial charge >= 0.3 is 6.09 Å². The lowest BCUT2D eigenvalue weighted by atomic mass is 10.2. The summed E-state index contributed by atoms with van der Waals surface area (Å²) in [7, 11) is 0. The van der Waals surface area contributed by atoms with Crippen LogP contribution in [-0.2, 0) is 14.2 Å². The lowest BCUT2D eigenvalue weighted by Gasteiger charge is -2.16. The molecule has 1 aliphatic rings. The van der Waals surface area contributed by atoms with Crippen molar-refractivity contribution in [2.24, 2.45) is 0 Å². The molecule has 1 atom stereocenters. The maximum Gasteiger partial charge on any atom is 0.411 e. The molecule has 6 heteroatoms. The highest BCUT2D eigenvalue weighted by Gasteiger charge is 2.34. The van der Waals surface area contributed by atoms with E-state index in [0.29, 0.717) is 18.9 Å². The van der Waals surface area contributed by atoms with Gasteiger partial charge in [0, 0.05) is 0 Å². The van der Waals surface area contributed by atoms with Gasteiger partial charge in [-0.05, 0) is 32.9 Å². The molecule has 0 saturated carbocycles. The Morgan fingerprint density at radius 2 is 2.37 bits per heavy atom. The fraction of sp³-hybridized carbons (Fsp3) is 0.538. The van der Waals surface area contributed by atoms with E-state index in [2.05, 4.69) is 10.3 Å². The summed E-state index contributed by atoms with van der Waals surface area (Å²) in [5, 5.41) is 2.58. The summed E-state index contributed by atoms with van der Waals surface area (Å²) >= 11 is 0. The molecule has 0 aromatic carbocycles. The van der Waals surface area contributed by atoms with Gasteiger partial charge in [-0.15, -0.1) is 0 Å². The van der Waals surface area contributed by atoms with Gasteiger partial charge in [0.05, 0.1) is 30.8 Å². The highest BCUT2D eigenvalue weighted by Crippen LogP contribution is 2.31. The third-order valence-electron chi connectivity index (χ3n) is 2.65. The van der Waals surface area contributed by atoms with Crippen molar-refractivity contribution < 1.29 is 19.0 Å². The molecule has 0 radical (unpaired) electrons. The number of ether oxygens (including phenoxy) is 3. The van der Waals surface area contributed by atoms with E-state index in [4.69, 9.17) is 14.2 Å². The van der Waals surface area contributed by atoms with Crippen LogP contribution in [0.4, 0.5) is 10.5 Å². The summed E-state index contributed by atoms with van der Waals surface area (Å²) in [5.74, 6) is -0.575. The SMILES string of the molecule is CCOC(=O)Nc1ccc([C@@H]2COC(C)(C)O2)nc1. The number of rotatable bonds is 3. The zero-order chi connectivity index (χ0) is 13.9. The van der Waals surface area contributed by atoms with Crippen molar-refractivity contribution >= 4 is 11.8 Å². The van der Waals surface area contributed by atoms with Crippen LogP contribution in [-0.4, -0.2) is 30.1 Å². The molecule has 0 bridgehead atoms. The molecule has 104 valence electrons. The lowest BCUT2D eigenvalue weighted by Crippen LogP contribution is -2.19. The minimum absolute atomic E-state index is 0.174. The predicted octanol–water partition coefficient (Wildman–Crippen LogP) is 2.47. The number of aromatic nitrogens is 1. The molecule has 0 spiro atoms. The summed E-state index contributed by atoms with van der Waals surface area (Å²) in [6, 6.07) is 3.56. The number of hydrogen-bond donors (Lipinski definition) is 1. The number of pyridine rings is 1. The Morgan fingerprint density at radius 1 is 1.58 bits per heavy atom. The second kappa shape index (κ2) is 5.54. The molecular weight excluding hydrogens is 248 g/mol. The molecule has 2 rings (SSSR count). The molecule has 1 aromatic heterocycles. The molecule has 2 heterocycles. The second-order valence-electron chi connectivity index (χ2n) is 4.63. The van der Waals surface area contributed by atoms with Crippen molar-refractivity contribution in [2.75, 3.05) is 18.5 Å². The zero-order valence-electron chi connectivity index (χ0n) is 11.3. The van der Waals surface area contributed by atoms with Gasteiger partial charge in [0.1, 0.15) is 6.10 Å². The van der Waals surface area contributed by atoms with Gasteiger partial charge in [-0.1, -0.05) is 0 Å². The minimum atomic E-state index is -0.575. The molecule has 6 nitrogen and oxygen atoms in total. The summed E-state index contributed by atoms with van der Waals surface area (Å²) in [4.78, 5) is 15.5. The average molecular weight is 266 g/mol. The molecule has 0 aliphatic carbocycles. The van der Waals surface area contributed by atoms with E-state index in [-0.39, 0.29) is 6.10 Å². The minimum Gasteiger partial charge on any atom is -0.450 e. The Morgan fingerprint density at radius 3 is 2.89 bits per heavy atom. The molecule has 0 unspecified atom stereocenters. The summed E-state index contributed by atoms with van der Waals surface area (Å²) in [6.45, 7) is 6.29. The van der Waals surface area contributed by atoms with Crippen molar-refractivity contribution in [1.29, 1.82) is 0 Å². The first-order chi connectivity index (χ1) is 9.00. The van der Waals surface area contributed by atoms with Crippen molar-refractivity contribution in [3.05, 3.63) is 24.0 Å². The van der Waals surface area contributed by atoms with Gasteiger partial charge in [0.15, 0.2) is 5.79 Å². The zero-order valence-corrected chi connectivity index (χ0v) is 11.3. The van der Waals surface area contributed by atoms with E-state index < -0.39 is 11.9 Å². The van der Waals surface area contributed by atoms with Crippen LogP contribution in [0.5, 0.6) is 0 Å². The third kappa shape index (κ3) is 3.65. The van der Waals surface area contributed by atoms with E-state index in [1.54, 1.807) is 25.3 Å². The maximum absolute atomic E-state index is 11.2. The lowest BCUT2D eigenvalue weighted by molar-refractivity contribution is -0.139. The molecule has 1 N–H and O–H groups in total. The van der Waals surface area contributed by atoms with Gasteiger partial charge in [-0.2, -0.15) is 0 Å². The first-order valence-electron chi connectivity index (χ1n) is 6.21. The van der Waals surface area contributed by atoms with Crippen LogP contribution in [0.3, 0.4) is 0 Å². The number of carbonyl (C=O) groups excluding carboxylic acids is 1. The summed E-state index contributed by atoms with van der Waals surface area (Å²) in [6.07, 6.45) is 0.909. The monoisotopic (exact) mass is 266 g/mol. The van der Waals surface area contributed by atoms with Crippen LogP contribution in [0.1, 0.15) is 32.6 Å². The molecule has 1 aromatic rings. The van der Waals surface area contributed by atoms with Crippen LogP contribution in [0.25, 0.3) is 0 Å². The number of amides is 1. The Labute approximate surface area is 112 Å². The van der Waals surface area contributed by atoms with Crippen molar-refractivity contribution in [3.63, 3.8) is 0 Å². The number of hydrogen-bond acceptors (Lipinski definition) is 5. The normalized spacial score (nSPS) is 21.1. The van der Waals surface area contributed by atoms with E-state index in [1.165, 1.54) is 0 Å². The quantitative estimate of drug-likeness (QED) is 0.910. The van der Waals surface area contributed by atoms with E-state index >= 15 is 0 Å². The Hall–Kier alpha value is -1.66. The number of anilines is 1. The highest BCUT2D eigenvalue weighted by atomic mass is 16.7. The Bertz CT molecular complexity index is 444. The highest BCUT2D eigenvalue weighted by molar-refractivity contribution is 5.84. The fourth-order valence-electron chi connectivity index (χ4n) is 1.79. The van der Waals surface area contributed by atoms with Gasteiger partial charge in [0.2, 0.25) is 0 Å². The predicted molar refractivity (Wildman–Crippen MR) is 68.7 cm³/mol. The van der Waals surface area contributed by atoms with Crippen molar-refractivity contribution in [3.8, 4) is 0 Å². The number of carbonyl (C=O) groups is 1. The number of nitrogens with zero attached hydrogens (tertiary/aromatic N) is 1. The largest absolute Gasteiger partial charge is 0.450 e. The summed E-state index contributed by atoms with van der Waals surface area (Å²) < 4.78 is 16.0. The van der Waals surface area contributed by atoms with Gasteiger partial charge < -0.3 is 14.2 Å². The molecule has 19 heavy (non-hydrogen) atoms. The van der Waals surface area contributed by atoms with E-state index in [9.17, 15) is 4.79 Å². The molecule has 1 aliphatic heterocycles. The standard InChI is InChI=1S/C13H18N2O4/c1-4-17-12(16)15-9-5-6-10(14-7-9)11-8-18-13(2,3)19-11/h5-7,11H,4,8H2,1-3H3,(H,15,16)/t11-/m0/s1. The smallest absolute Gasteiger partial charge is 0.411 e. The molecule has 1 fully saturated rings. The van der Waals surface area contributed by atoms with E-state index in [0.717, 1.165) is 5.69 Å². The maximum atomic E-state index is 11.2. The van der Waals surface area contributed by atoms with E-state index in [1.807, 2.05) is 13.8 Å². The van der Waals surface area contributed by atoms with Crippen molar-refractivity contribution in [2.45, 2.75) is 32.7 Å². The van der Waals surface area contributed by atoms with Gasteiger partial charge in [-0.3, -0.25) is 10.3 Å². The molecule has 1 amide bonds. The summed E-state index contributed by atoms with van der Waals surface area (Å²) in [5.41, 5.74) is 1.36. The van der Waals surface area contributed by atoms with Crippen LogP contribution < -0.4 is 5.32 Å². The van der Waals surface area contributed by atoms with Crippen LogP contribution >= 0.6 is 0 Å². The molecular formula is C13H18N2O4. The average Bonchev–Trinajstić information content (AvgIpc) is 2.71. The van der Waals surface area contributed by atoms with Gasteiger partial charge in [0.25, 0.3) is 0 Å². The first kappa shape index (κ1) is 13.8. The topological polar surface area (TPSA) is 69.7 Å². The number of nitrogens with one attached hydrogen (secondary N) is 1. The van der Waals surface area contributed by atoms with Gasteiger partial charge in [-0.25, -0.2) is 4.79 Å². The van der Waals surface area contributed by atoms with Crippen molar-refractivity contribution in [1.82, 2.24) is 4.98 Å². The fourth-order valence-corrected chi connectivity index (χ4v) is 1.79. The van der Waals surface area contributed by atoms with Crippen LogP contribution in [0.2, 0.25) is 0 Å². The Kier molecular flexibility index (Phi) is 4.01. The Balaban J connectivity index is 1.97. The first-order valence-corrected chi connectivity index (χ1v) is 6.21. The van der Waals surface area contributed by atoms with Crippen LogP contribution in [0.15, 0.2) is 18.3 Å². The van der Waals surface area contributed by atoms with Crippen LogP contribution in [0, 0.1) is 0 Å². The molecule has 1 saturated heterocycles. The second-order valence-corrected chi connectivity index (χ2v) is 4.63. The third-order valence-corrected chi connectivity index (χ3v) is 2.65.